The van der Waals surface area contributed by atoms with E-state index in [-0.39, 0.29) is 12.1 Å². The van der Waals surface area contributed by atoms with Crippen LogP contribution in [0.1, 0.15) is 27.6 Å². The molecule has 8 nitrogen and oxygen atoms in total. The van der Waals surface area contributed by atoms with Gasteiger partial charge in [-0.1, -0.05) is 24.3 Å². The maximum atomic E-state index is 11.3. The summed E-state index contributed by atoms with van der Waals surface area (Å²) < 4.78 is 0. The number of primary amides is 1. The van der Waals surface area contributed by atoms with Crippen molar-refractivity contribution in [2.75, 3.05) is 5.32 Å². The Labute approximate surface area is 191 Å². The standard InChI is InChI=1S/C25H25N7O/c1-15-3-2-4-20(30-15)24-23(17-7-10-19-21(13-17)28-12-11-27-19)31-22(32-24)14-29-18-8-5-16(6-9-18)25(26)33/h2-13,19,21,27-29H,14H2,1H3,(H2,26,33)(H,31,32). The fourth-order valence-electron chi connectivity index (χ4n) is 3.99. The van der Waals surface area contributed by atoms with Gasteiger partial charge in [-0.15, -0.1) is 0 Å². The minimum absolute atomic E-state index is 0.148. The van der Waals surface area contributed by atoms with Crippen LogP contribution in [0.4, 0.5) is 5.69 Å². The molecule has 0 fully saturated rings. The zero-order valence-electron chi connectivity index (χ0n) is 18.2. The van der Waals surface area contributed by atoms with Gasteiger partial charge in [0.1, 0.15) is 5.82 Å². The Bertz CT molecular complexity index is 1270. The third-order valence-electron chi connectivity index (χ3n) is 5.69. The van der Waals surface area contributed by atoms with Crippen molar-refractivity contribution < 1.29 is 4.79 Å². The number of hydrogen-bond donors (Lipinski definition) is 5. The maximum Gasteiger partial charge on any atom is 0.248 e. The Hall–Kier alpha value is -4.33. The molecule has 2 aliphatic rings. The molecule has 3 aromatic rings. The topological polar surface area (TPSA) is 121 Å². The lowest BCUT2D eigenvalue weighted by Crippen LogP contribution is -2.46. The lowest BCUT2D eigenvalue weighted by Gasteiger charge is -2.29. The molecule has 0 spiro atoms. The smallest absolute Gasteiger partial charge is 0.248 e. The minimum atomic E-state index is -0.443. The van der Waals surface area contributed by atoms with Gasteiger partial charge in [-0.2, -0.15) is 0 Å². The summed E-state index contributed by atoms with van der Waals surface area (Å²) in [6.45, 7) is 2.46. The largest absolute Gasteiger partial charge is 0.381 e. The third kappa shape index (κ3) is 4.36. The Morgan fingerprint density at radius 3 is 2.61 bits per heavy atom. The number of carbonyl (C=O) groups is 1. The van der Waals surface area contributed by atoms with Crippen molar-refractivity contribution in [3.05, 3.63) is 95.9 Å². The number of hydrogen-bond acceptors (Lipinski definition) is 6. The maximum absolute atomic E-state index is 11.3. The second kappa shape index (κ2) is 8.66. The fraction of sp³-hybridized carbons (Fsp3) is 0.160. The average molecular weight is 440 g/mol. The molecular formula is C25H25N7O. The number of imidazole rings is 1. The number of H-pyrrole nitrogens is 1. The molecule has 8 heteroatoms. The number of nitrogens with two attached hydrogens (primary N) is 1. The number of fused-ring (bicyclic) bond motifs is 1. The summed E-state index contributed by atoms with van der Waals surface area (Å²) in [4.78, 5) is 24.4. The molecule has 1 aliphatic heterocycles. The molecule has 3 heterocycles. The molecule has 6 N–H and O–H groups in total. The molecule has 1 amide bonds. The Kier molecular flexibility index (Phi) is 5.40. The summed E-state index contributed by atoms with van der Waals surface area (Å²) in [6.07, 6.45) is 10.3. The van der Waals surface area contributed by atoms with Crippen molar-refractivity contribution in [1.29, 1.82) is 0 Å². The van der Waals surface area contributed by atoms with Crippen molar-refractivity contribution in [1.82, 2.24) is 25.6 Å². The van der Waals surface area contributed by atoms with E-state index in [0.29, 0.717) is 12.1 Å². The van der Waals surface area contributed by atoms with E-state index in [9.17, 15) is 4.79 Å². The van der Waals surface area contributed by atoms with E-state index in [1.54, 1.807) is 12.1 Å². The number of allylic oxidation sites excluding steroid dienone is 2. The molecule has 33 heavy (non-hydrogen) atoms. The molecular weight excluding hydrogens is 414 g/mol. The first kappa shape index (κ1) is 20.6. The highest BCUT2D eigenvalue weighted by Crippen LogP contribution is 2.30. The number of amides is 1. The molecule has 5 rings (SSSR count). The number of pyridine rings is 1. The van der Waals surface area contributed by atoms with Crippen LogP contribution in [0.15, 0.2) is 73.1 Å². The van der Waals surface area contributed by atoms with Crippen molar-refractivity contribution in [2.45, 2.75) is 25.6 Å². The normalized spacial score (nSPS) is 18.6. The molecule has 1 aliphatic carbocycles. The van der Waals surface area contributed by atoms with Crippen LogP contribution in [0.2, 0.25) is 0 Å². The number of aromatic nitrogens is 3. The van der Waals surface area contributed by atoms with Crippen LogP contribution >= 0.6 is 0 Å². The van der Waals surface area contributed by atoms with Gasteiger partial charge < -0.3 is 26.7 Å². The first-order valence-electron chi connectivity index (χ1n) is 10.8. The van der Waals surface area contributed by atoms with Crippen LogP contribution in [-0.4, -0.2) is 32.9 Å². The third-order valence-corrected chi connectivity index (χ3v) is 5.69. The highest BCUT2D eigenvalue weighted by atomic mass is 16.1. The van der Waals surface area contributed by atoms with Gasteiger partial charge in [0.15, 0.2) is 0 Å². The van der Waals surface area contributed by atoms with Gasteiger partial charge in [0.25, 0.3) is 0 Å². The van der Waals surface area contributed by atoms with E-state index in [4.69, 9.17) is 15.7 Å². The van der Waals surface area contributed by atoms with Crippen molar-refractivity contribution >= 4 is 17.2 Å². The molecule has 0 radical (unpaired) electrons. The van der Waals surface area contributed by atoms with Crippen molar-refractivity contribution in [3.8, 4) is 11.4 Å². The molecule has 0 saturated carbocycles. The summed E-state index contributed by atoms with van der Waals surface area (Å²) >= 11 is 0. The molecule has 2 aromatic heterocycles. The van der Waals surface area contributed by atoms with Gasteiger partial charge in [-0.3, -0.25) is 9.78 Å². The van der Waals surface area contributed by atoms with Crippen LogP contribution in [0, 0.1) is 6.92 Å². The SMILES string of the molecule is Cc1cccc(-c2[nH]c(CNc3ccc(C(N)=O)cc3)nc2C2=CC3NC=CNC3C=C2)n1. The lowest BCUT2D eigenvalue weighted by atomic mass is 9.94. The van der Waals surface area contributed by atoms with E-state index >= 15 is 0 Å². The summed E-state index contributed by atoms with van der Waals surface area (Å²) in [6, 6.07) is 13.4. The summed E-state index contributed by atoms with van der Waals surface area (Å²) in [5.41, 5.74) is 11.2. The van der Waals surface area contributed by atoms with Crippen LogP contribution < -0.4 is 21.7 Å². The Balaban J connectivity index is 1.45. The highest BCUT2D eigenvalue weighted by Gasteiger charge is 2.24. The molecule has 2 atom stereocenters. The monoisotopic (exact) mass is 439 g/mol. The van der Waals surface area contributed by atoms with Crippen LogP contribution in [0.3, 0.4) is 0 Å². The summed E-state index contributed by atoms with van der Waals surface area (Å²) in [5.74, 6) is 0.343. The molecule has 0 saturated heterocycles. The number of benzene rings is 1. The number of rotatable bonds is 6. The lowest BCUT2D eigenvalue weighted by molar-refractivity contribution is 0.100. The van der Waals surface area contributed by atoms with E-state index in [1.165, 1.54) is 0 Å². The van der Waals surface area contributed by atoms with Crippen LogP contribution in [-0.2, 0) is 6.54 Å². The highest BCUT2D eigenvalue weighted by molar-refractivity contribution is 5.93. The van der Waals surface area contributed by atoms with Gasteiger partial charge >= 0.3 is 0 Å². The quantitative estimate of drug-likeness (QED) is 0.403. The average Bonchev–Trinajstić information content (AvgIpc) is 3.27. The molecule has 166 valence electrons. The molecule has 1 aromatic carbocycles. The number of nitrogens with one attached hydrogen (secondary N) is 4. The van der Waals surface area contributed by atoms with Crippen molar-refractivity contribution in [3.63, 3.8) is 0 Å². The Morgan fingerprint density at radius 1 is 1.06 bits per heavy atom. The zero-order valence-corrected chi connectivity index (χ0v) is 18.2. The van der Waals surface area contributed by atoms with Crippen LogP contribution in [0.25, 0.3) is 17.0 Å². The second-order valence-corrected chi connectivity index (χ2v) is 8.07. The predicted octanol–water partition coefficient (Wildman–Crippen LogP) is 2.85. The summed E-state index contributed by atoms with van der Waals surface area (Å²) in [5, 5.41) is 10.1. The summed E-state index contributed by atoms with van der Waals surface area (Å²) in [7, 11) is 0. The van der Waals surface area contributed by atoms with E-state index < -0.39 is 5.91 Å². The van der Waals surface area contributed by atoms with Gasteiger partial charge in [-0.05, 0) is 43.3 Å². The van der Waals surface area contributed by atoms with Gasteiger partial charge in [0.2, 0.25) is 5.91 Å². The van der Waals surface area contributed by atoms with Gasteiger partial charge in [0.05, 0.1) is 35.7 Å². The number of aryl methyl sites for hydroxylation is 1. The number of anilines is 1. The van der Waals surface area contributed by atoms with E-state index in [0.717, 1.165) is 39.9 Å². The van der Waals surface area contributed by atoms with Gasteiger partial charge in [-0.25, -0.2) is 4.98 Å². The first-order valence-corrected chi connectivity index (χ1v) is 10.8. The number of aromatic amines is 1. The second-order valence-electron chi connectivity index (χ2n) is 8.07. The molecule has 2 unspecified atom stereocenters. The number of nitrogens with zero attached hydrogens (tertiary/aromatic N) is 2. The van der Waals surface area contributed by atoms with Gasteiger partial charge in [0, 0.05) is 34.9 Å². The fourth-order valence-corrected chi connectivity index (χ4v) is 3.99. The Morgan fingerprint density at radius 2 is 1.85 bits per heavy atom. The van der Waals surface area contributed by atoms with Crippen LogP contribution in [0.5, 0.6) is 0 Å². The van der Waals surface area contributed by atoms with Crippen molar-refractivity contribution in [2.24, 2.45) is 5.73 Å². The zero-order chi connectivity index (χ0) is 22.8. The molecule has 0 bridgehead atoms. The van der Waals surface area contributed by atoms with E-state index in [2.05, 4.69) is 39.2 Å². The minimum Gasteiger partial charge on any atom is -0.381 e. The predicted molar refractivity (Wildman–Crippen MR) is 129 cm³/mol. The first-order chi connectivity index (χ1) is 16.1. The van der Waals surface area contributed by atoms with E-state index in [1.807, 2.05) is 49.7 Å². The number of carbonyl (C=O) groups excluding carboxylic acids is 1.